The van der Waals surface area contributed by atoms with Crippen LogP contribution in [0.4, 0.5) is 20.5 Å². The summed E-state index contributed by atoms with van der Waals surface area (Å²) in [7, 11) is 1.58. The highest BCUT2D eigenvalue weighted by Crippen LogP contribution is 2.34. The van der Waals surface area contributed by atoms with Crippen LogP contribution >= 0.6 is 11.6 Å². The third-order valence-electron chi connectivity index (χ3n) is 4.40. The lowest BCUT2D eigenvalue weighted by Gasteiger charge is -2.09. The second-order valence-electron chi connectivity index (χ2n) is 6.42. The number of hydrogen-bond acceptors (Lipinski definition) is 6. The lowest BCUT2D eigenvalue weighted by Crippen LogP contribution is -2.10. The number of nitrogen functional groups attached to an aromatic ring is 1. The van der Waals surface area contributed by atoms with E-state index in [0.717, 1.165) is 0 Å². The number of rotatable bonds is 6. The van der Waals surface area contributed by atoms with Gasteiger partial charge in [-0.25, -0.2) is 18.4 Å². The molecule has 4 rings (SSSR count). The largest absolute Gasteiger partial charge is 0.383 e. The molecule has 0 aliphatic rings. The van der Waals surface area contributed by atoms with Crippen LogP contribution in [0.1, 0.15) is 0 Å². The van der Waals surface area contributed by atoms with Crippen LogP contribution in [-0.2, 0) is 4.74 Å². The Morgan fingerprint density at radius 1 is 1.17 bits per heavy atom. The van der Waals surface area contributed by atoms with Crippen molar-refractivity contribution in [1.29, 1.82) is 0 Å². The molecule has 0 saturated carbocycles. The summed E-state index contributed by atoms with van der Waals surface area (Å²) in [6, 6.07) is 10.1. The van der Waals surface area contributed by atoms with E-state index in [4.69, 9.17) is 22.1 Å². The molecule has 7 nitrogen and oxygen atoms in total. The average Bonchev–Trinajstić information content (AvgIpc) is 3.06. The lowest BCUT2D eigenvalue weighted by molar-refractivity contribution is 0.210. The molecule has 0 bridgehead atoms. The fourth-order valence-corrected chi connectivity index (χ4v) is 3.19. The van der Waals surface area contributed by atoms with E-state index >= 15 is 0 Å². The summed E-state index contributed by atoms with van der Waals surface area (Å²) < 4.78 is 33.8. The van der Waals surface area contributed by atoms with Crippen LogP contribution in [0.5, 0.6) is 0 Å². The predicted molar refractivity (Wildman–Crippen MR) is 112 cm³/mol. The molecule has 0 saturated heterocycles. The van der Waals surface area contributed by atoms with E-state index in [1.165, 1.54) is 28.9 Å². The highest BCUT2D eigenvalue weighted by Gasteiger charge is 2.20. The Morgan fingerprint density at radius 2 is 2.00 bits per heavy atom. The minimum Gasteiger partial charge on any atom is -0.383 e. The first-order valence-electron chi connectivity index (χ1n) is 8.98. The fourth-order valence-electron chi connectivity index (χ4n) is 3.01. The van der Waals surface area contributed by atoms with Crippen molar-refractivity contribution in [3.8, 4) is 16.9 Å². The molecule has 10 heteroatoms. The first kappa shape index (κ1) is 20.0. The standard InChI is InChI=1S/C20H17ClF2N6O/c1-30-8-7-25-20-26-17(11-5-6-15(23)14(21)9-11)16-18(24)29(28-19(16)27-20)13-4-2-3-12(22)10-13/h2-6,9-10H,7-8,24H2,1H3,(H,25,27,28). The smallest absolute Gasteiger partial charge is 0.225 e. The number of nitrogens with two attached hydrogens (primary N) is 1. The van der Waals surface area contributed by atoms with Crippen LogP contribution in [0, 0.1) is 11.6 Å². The molecule has 0 aliphatic carbocycles. The minimum absolute atomic E-state index is 0.0516. The van der Waals surface area contributed by atoms with Gasteiger partial charge in [-0.3, -0.25) is 0 Å². The van der Waals surface area contributed by atoms with Crippen molar-refractivity contribution in [3.63, 3.8) is 0 Å². The number of anilines is 2. The average molecular weight is 431 g/mol. The number of halogens is 3. The Hall–Kier alpha value is -3.30. The van der Waals surface area contributed by atoms with Crippen molar-refractivity contribution in [1.82, 2.24) is 19.7 Å². The second kappa shape index (κ2) is 8.21. The Bertz CT molecular complexity index is 1230. The topological polar surface area (TPSA) is 90.9 Å². The second-order valence-corrected chi connectivity index (χ2v) is 6.83. The maximum absolute atomic E-state index is 13.7. The molecule has 154 valence electrons. The van der Waals surface area contributed by atoms with Gasteiger partial charge in [-0.15, -0.1) is 5.10 Å². The number of ether oxygens (including phenoxy) is 1. The van der Waals surface area contributed by atoms with E-state index in [1.54, 1.807) is 25.3 Å². The maximum atomic E-state index is 13.7. The number of fused-ring (bicyclic) bond motifs is 1. The van der Waals surface area contributed by atoms with Gasteiger partial charge in [0.05, 0.1) is 28.4 Å². The van der Waals surface area contributed by atoms with Crippen LogP contribution < -0.4 is 11.1 Å². The molecule has 2 aromatic carbocycles. The molecule has 0 radical (unpaired) electrons. The van der Waals surface area contributed by atoms with E-state index < -0.39 is 11.6 Å². The van der Waals surface area contributed by atoms with Gasteiger partial charge in [-0.1, -0.05) is 17.7 Å². The van der Waals surface area contributed by atoms with Crippen LogP contribution in [0.3, 0.4) is 0 Å². The summed E-state index contributed by atoms with van der Waals surface area (Å²) in [6.07, 6.45) is 0. The zero-order valence-electron chi connectivity index (χ0n) is 15.9. The SMILES string of the molecule is COCCNc1nc(-c2ccc(F)c(Cl)c2)c2c(N)n(-c3cccc(F)c3)nc2n1. The summed E-state index contributed by atoms with van der Waals surface area (Å²) in [5.74, 6) is -0.467. The molecular weight excluding hydrogens is 414 g/mol. The fraction of sp³-hybridized carbons (Fsp3) is 0.150. The Kier molecular flexibility index (Phi) is 5.47. The van der Waals surface area contributed by atoms with Gasteiger partial charge in [-0.05, 0) is 36.4 Å². The van der Waals surface area contributed by atoms with E-state index in [-0.39, 0.29) is 10.8 Å². The van der Waals surface area contributed by atoms with E-state index in [0.29, 0.717) is 47.1 Å². The molecule has 4 aromatic rings. The van der Waals surface area contributed by atoms with Gasteiger partial charge in [0.2, 0.25) is 5.95 Å². The van der Waals surface area contributed by atoms with Gasteiger partial charge in [-0.2, -0.15) is 4.98 Å². The van der Waals surface area contributed by atoms with Crippen LogP contribution in [0.15, 0.2) is 42.5 Å². The molecule has 3 N–H and O–H groups in total. The molecule has 0 aliphatic heterocycles. The summed E-state index contributed by atoms with van der Waals surface area (Å²) in [4.78, 5) is 8.94. The molecule has 0 amide bonds. The van der Waals surface area contributed by atoms with Gasteiger partial charge in [0.1, 0.15) is 17.5 Å². The molecular formula is C20H17ClF2N6O. The first-order chi connectivity index (χ1) is 14.5. The zero-order chi connectivity index (χ0) is 21.3. The molecule has 0 fully saturated rings. The Balaban J connectivity index is 1.93. The summed E-state index contributed by atoms with van der Waals surface area (Å²) in [5, 5.41) is 7.87. The first-order valence-corrected chi connectivity index (χ1v) is 9.36. The molecule has 2 aromatic heterocycles. The van der Waals surface area contributed by atoms with Crippen molar-refractivity contribution in [2.75, 3.05) is 31.3 Å². The van der Waals surface area contributed by atoms with Crippen molar-refractivity contribution < 1.29 is 13.5 Å². The number of hydrogen-bond donors (Lipinski definition) is 2. The highest BCUT2D eigenvalue weighted by atomic mass is 35.5. The molecule has 30 heavy (non-hydrogen) atoms. The van der Waals surface area contributed by atoms with Gasteiger partial charge in [0.25, 0.3) is 0 Å². The number of nitrogens with zero attached hydrogens (tertiary/aromatic N) is 4. The van der Waals surface area contributed by atoms with Gasteiger partial charge >= 0.3 is 0 Å². The number of methoxy groups -OCH3 is 1. The number of nitrogens with one attached hydrogen (secondary N) is 1. The Morgan fingerprint density at radius 3 is 2.73 bits per heavy atom. The van der Waals surface area contributed by atoms with E-state index in [9.17, 15) is 8.78 Å². The van der Waals surface area contributed by atoms with Crippen molar-refractivity contribution in [3.05, 3.63) is 59.1 Å². The summed E-state index contributed by atoms with van der Waals surface area (Å²) >= 11 is 5.97. The van der Waals surface area contributed by atoms with E-state index in [2.05, 4.69) is 20.4 Å². The van der Waals surface area contributed by atoms with Crippen LogP contribution in [0.25, 0.3) is 28.0 Å². The van der Waals surface area contributed by atoms with Crippen molar-refractivity contribution >= 4 is 34.4 Å². The summed E-state index contributed by atoms with van der Waals surface area (Å²) in [6.45, 7) is 0.907. The zero-order valence-corrected chi connectivity index (χ0v) is 16.6. The number of benzene rings is 2. The van der Waals surface area contributed by atoms with Crippen LogP contribution in [-0.4, -0.2) is 40.0 Å². The normalized spacial score (nSPS) is 11.2. The minimum atomic E-state index is -0.549. The lowest BCUT2D eigenvalue weighted by atomic mass is 10.1. The van der Waals surface area contributed by atoms with E-state index in [1.807, 2.05) is 0 Å². The van der Waals surface area contributed by atoms with Crippen LogP contribution in [0.2, 0.25) is 5.02 Å². The maximum Gasteiger partial charge on any atom is 0.225 e. The quantitative estimate of drug-likeness (QED) is 0.448. The predicted octanol–water partition coefficient (Wildman–Crippen LogP) is 4.05. The van der Waals surface area contributed by atoms with Gasteiger partial charge in [0.15, 0.2) is 5.65 Å². The molecule has 0 atom stereocenters. The van der Waals surface area contributed by atoms with Gasteiger partial charge in [0, 0.05) is 19.2 Å². The number of aromatic nitrogens is 4. The third-order valence-corrected chi connectivity index (χ3v) is 4.69. The summed E-state index contributed by atoms with van der Waals surface area (Å²) in [5.41, 5.74) is 8.03. The molecule has 0 spiro atoms. The monoisotopic (exact) mass is 430 g/mol. The molecule has 0 unspecified atom stereocenters. The Labute approximate surface area is 175 Å². The van der Waals surface area contributed by atoms with Crippen molar-refractivity contribution in [2.45, 2.75) is 0 Å². The van der Waals surface area contributed by atoms with Crippen molar-refractivity contribution in [2.24, 2.45) is 0 Å². The third kappa shape index (κ3) is 3.77. The van der Waals surface area contributed by atoms with Gasteiger partial charge < -0.3 is 15.8 Å². The molecule has 2 heterocycles. The highest BCUT2D eigenvalue weighted by molar-refractivity contribution is 6.31.